The Bertz CT molecular complexity index is 605. The van der Waals surface area contributed by atoms with Gasteiger partial charge in [-0.3, -0.25) is 4.79 Å². The molecule has 0 aliphatic heterocycles. The number of benzene rings is 2. The molecular weight excluding hydrogens is 260 g/mol. The zero-order valence-electron chi connectivity index (χ0n) is 12.7. The van der Waals surface area contributed by atoms with E-state index in [1.54, 1.807) is 0 Å². The molecule has 1 amide bonds. The second-order valence-corrected chi connectivity index (χ2v) is 5.20. The van der Waals surface area contributed by atoms with Crippen molar-refractivity contribution < 1.29 is 4.79 Å². The van der Waals surface area contributed by atoms with Gasteiger partial charge in [0.15, 0.2) is 0 Å². The normalized spacial score (nSPS) is 10.4. The Morgan fingerprint density at radius 1 is 1.14 bits per heavy atom. The van der Waals surface area contributed by atoms with Crippen molar-refractivity contribution in [3.8, 4) is 0 Å². The van der Waals surface area contributed by atoms with Crippen LogP contribution in [-0.4, -0.2) is 12.5 Å². The third-order valence-corrected chi connectivity index (χ3v) is 3.44. The lowest BCUT2D eigenvalue weighted by Crippen LogP contribution is -2.31. The number of nitrogens with zero attached hydrogens (tertiary/aromatic N) is 1. The monoisotopic (exact) mass is 282 g/mol. The summed E-state index contributed by atoms with van der Waals surface area (Å²) in [5, 5.41) is 0. The number of carbonyl (C=O) groups is 1. The summed E-state index contributed by atoms with van der Waals surface area (Å²) in [5.41, 5.74) is 9.43. The highest BCUT2D eigenvalue weighted by Gasteiger charge is 2.16. The predicted molar refractivity (Wildman–Crippen MR) is 87.5 cm³/mol. The number of aryl methyl sites for hydroxylation is 1. The largest absolute Gasteiger partial charge is 0.326 e. The first kappa shape index (κ1) is 15.3. The molecule has 0 spiro atoms. The van der Waals surface area contributed by atoms with Crippen LogP contribution in [0.2, 0.25) is 0 Å². The lowest BCUT2D eigenvalue weighted by Gasteiger charge is -2.23. The summed E-state index contributed by atoms with van der Waals surface area (Å²) in [7, 11) is 0. The molecular formula is C18H22N2O. The summed E-state index contributed by atoms with van der Waals surface area (Å²) >= 11 is 0. The summed E-state index contributed by atoms with van der Waals surface area (Å²) in [6, 6.07) is 15.6. The maximum Gasteiger partial charge on any atom is 0.258 e. The number of hydrogen-bond donors (Lipinski definition) is 1. The minimum atomic E-state index is 0.0426. The molecule has 0 aliphatic rings. The standard InChI is InChI=1S/C18H22N2O/c1-3-11-20(17-9-7-15(13-19)8-10-17)18(21)16-6-4-5-14(2)12-16/h4-10,12H,3,11,13,19H2,1-2H3. The van der Waals surface area contributed by atoms with Crippen molar-refractivity contribution >= 4 is 11.6 Å². The molecule has 0 radical (unpaired) electrons. The number of carbonyl (C=O) groups excluding carboxylic acids is 1. The van der Waals surface area contributed by atoms with Crippen LogP contribution < -0.4 is 10.6 Å². The van der Waals surface area contributed by atoms with Gasteiger partial charge in [-0.25, -0.2) is 0 Å². The first-order valence-electron chi connectivity index (χ1n) is 7.33. The van der Waals surface area contributed by atoms with E-state index in [1.807, 2.05) is 60.4 Å². The van der Waals surface area contributed by atoms with E-state index in [9.17, 15) is 4.79 Å². The lowest BCUT2D eigenvalue weighted by atomic mass is 10.1. The lowest BCUT2D eigenvalue weighted by molar-refractivity contribution is 0.0987. The van der Waals surface area contributed by atoms with E-state index in [1.165, 1.54) is 0 Å². The van der Waals surface area contributed by atoms with Crippen LogP contribution in [0.5, 0.6) is 0 Å². The van der Waals surface area contributed by atoms with Gasteiger partial charge < -0.3 is 10.6 Å². The summed E-state index contributed by atoms with van der Waals surface area (Å²) < 4.78 is 0. The van der Waals surface area contributed by atoms with Crippen molar-refractivity contribution in [1.82, 2.24) is 0 Å². The fourth-order valence-corrected chi connectivity index (χ4v) is 2.32. The van der Waals surface area contributed by atoms with Gasteiger partial charge in [-0.2, -0.15) is 0 Å². The Balaban J connectivity index is 2.31. The van der Waals surface area contributed by atoms with Crippen LogP contribution in [0.3, 0.4) is 0 Å². The van der Waals surface area contributed by atoms with Gasteiger partial charge in [0.25, 0.3) is 5.91 Å². The minimum Gasteiger partial charge on any atom is -0.326 e. The van der Waals surface area contributed by atoms with Gasteiger partial charge in [-0.15, -0.1) is 0 Å². The van der Waals surface area contributed by atoms with E-state index in [4.69, 9.17) is 5.73 Å². The Morgan fingerprint density at radius 3 is 2.43 bits per heavy atom. The Labute approximate surface area is 126 Å². The van der Waals surface area contributed by atoms with Crippen molar-refractivity contribution in [2.24, 2.45) is 5.73 Å². The van der Waals surface area contributed by atoms with Crippen LogP contribution in [0.1, 0.15) is 34.8 Å². The highest BCUT2D eigenvalue weighted by molar-refractivity contribution is 6.06. The SMILES string of the molecule is CCCN(C(=O)c1cccc(C)c1)c1ccc(CN)cc1. The quantitative estimate of drug-likeness (QED) is 0.912. The summed E-state index contributed by atoms with van der Waals surface area (Å²) in [6.07, 6.45) is 0.913. The third-order valence-electron chi connectivity index (χ3n) is 3.44. The van der Waals surface area contributed by atoms with Gasteiger partial charge in [0.1, 0.15) is 0 Å². The van der Waals surface area contributed by atoms with Crippen LogP contribution >= 0.6 is 0 Å². The van der Waals surface area contributed by atoms with Crippen LogP contribution in [0.4, 0.5) is 5.69 Å². The number of nitrogens with two attached hydrogens (primary N) is 1. The van der Waals surface area contributed by atoms with E-state index < -0.39 is 0 Å². The molecule has 2 aromatic rings. The van der Waals surface area contributed by atoms with Crippen molar-refractivity contribution in [3.63, 3.8) is 0 Å². The smallest absolute Gasteiger partial charge is 0.258 e. The van der Waals surface area contributed by atoms with E-state index in [0.717, 1.165) is 28.8 Å². The zero-order chi connectivity index (χ0) is 15.2. The molecule has 0 aromatic heterocycles. The van der Waals surface area contributed by atoms with Crippen molar-refractivity contribution in [3.05, 3.63) is 65.2 Å². The van der Waals surface area contributed by atoms with E-state index >= 15 is 0 Å². The molecule has 2 aromatic carbocycles. The summed E-state index contributed by atoms with van der Waals surface area (Å²) in [4.78, 5) is 14.6. The molecule has 3 nitrogen and oxygen atoms in total. The van der Waals surface area contributed by atoms with Crippen molar-refractivity contribution in [2.75, 3.05) is 11.4 Å². The molecule has 0 fully saturated rings. The molecule has 21 heavy (non-hydrogen) atoms. The van der Waals surface area contributed by atoms with Gasteiger partial charge >= 0.3 is 0 Å². The molecule has 2 N–H and O–H groups in total. The van der Waals surface area contributed by atoms with Crippen LogP contribution in [0.25, 0.3) is 0 Å². The topological polar surface area (TPSA) is 46.3 Å². The highest BCUT2D eigenvalue weighted by atomic mass is 16.2. The molecule has 0 atom stereocenters. The number of anilines is 1. The van der Waals surface area contributed by atoms with Crippen molar-refractivity contribution in [2.45, 2.75) is 26.8 Å². The second kappa shape index (κ2) is 7.04. The maximum atomic E-state index is 12.7. The first-order chi connectivity index (χ1) is 10.2. The minimum absolute atomic E-state index is 0.0426. The van der Waals surface area contributed by atoms with Gasteiger partial charge in [0.2, 0.25) is 0 Å². The molecule has 3 heteroatoms. The number of amides is 1. The fourth-order valence-electron chi connectivity index (χ4n) is 2.32. The Morgan fingerprint density at radius 2 is 1.86 bits per heavy atom. The molecule has 0 saturated heterocycles. The summed E-state index contributed by atoms with van der Waals surface area (Å²) in [5.74, 6) is 0.0426. The highest BCUT2D eigenvalue weighted by Crippen LogP contribution is 2.19. The van der Waals surface area contributed by atoms with E-state index in [-0.39, 0.29) is 5.91 Å². The third kappa shape index (κ3) is 3.70. The Hall–Kier alpha value is -2.13. The van der Waals surface area contributed by atoms with Gasteiger partial charge in [-0.1, -0.05) is 36.8 Å². The molecule has 0 aliphatic carbocycles. The average molecular weight is 282 g/mol. The van der Waals surface area contributed by atoms with Crippen LogP contribution in [0, 0.1) is 6.92 Å². The molecule has 110 valence electrons. The number of hydrogen-bond acceptors (Lipinski definition) is 2. The fraction of sp³-hybridized carbons (Fsp3) is 0.278. The van der Waals surface area contributed by atoms with Gasteiger partial charge in [0.05, 0.1) is 0 Å². The van der Waals surface area contributed by atoms with Crippen LogP contribution in [0.15, 0.2) is 48.5 Å². The zero-order valence-corrected chi connectivity index (χ0v) is 12.7. The van der Waals surface area contributed by atoms with E-state index in [2.05, 4.69) is 6.92 Å². The van der Waals surface area contributed by atoms with Gasteiger partial charge in [-0.05, 0) is 43.2 Å². The maximum absolute atomic E-state index is 12.7. The molecule has 0 unspecified atom stereocenters. The number of rotatable bonds is 5. The molecule has 0 heterocycles. The first-order valence-corrected chi connectivity index (χ1v) is 7.33. The van der Waals surface area contributed by atoms with Crippen LogP contribution in [-0.2, 0) is 6.54 Å². The predicted octanol–water partition coefficient (Wildman–Crippen LogP) is 3.51. The Kier molecular flexibility index (Phi) is 5.12. The average Bonchev–Trinajstić information content (AvgIpc) is 2.52. The van der Waals surface area contributed by atoms with Gasteiger partial charge in [0, 0.05) is 24.3 Å². The summed E-state index contributed by atoms with van der Waals surface area (Å²) in [6.45, 7) is 5.29. The molecule has 2 rings (SSSR count). The molecule has 0 saturated carbocycles. The molecule has 0 bridgehead atoms. The van der Waals surface area contributed by atoms with E-state index in [0.29, 0.717) is 13.1 Å². The second-order valence-electron chi connectivity index (χ2n) is 5.20. The van der Waals surface area contributed by atoms with Crippen molar-refractivity contribution in [1.29, 1.82) is 0 Å².